The Morgan fingerprint density at radius 1 is 1.08 bits per heavy atom. The van der Waals surface area contributed by atoms with Crippen LogP contribution in [0, 0.1) is 0 Å². The van der Waals surface area contributed by atoms with Gasteiger partial charge >= 0.3 is 29.2 Å². The molecule has 1 atom stereocenters. The summed E-state index contributed by atoms with van der Waals surface area (Å²) in [7, 11) is 0. The molecule has 12 heteroatoms. The average Bonchev–Trinajstić information content (AvgIpc) is 2.49. The zero-order chi connectivity index (χ0) is 18.8. The maximum atomic E-state index is 13.8. The normalized spacial score (nSPS) is 12.6. The third-order valence-electron chi connectivity index (χ3n) is 2.72. The van der Waals surface area contributed by atoms with E-state index in [2.05, 4.69) is 13.2 Å². The lowest BCUT2D eigenvalue weighted by Crippen LogP contribution is -2.58. The Kier molecular flexibility index (Phi) is 5.43. The van der Waals surface area contributed by atoms with Gasteiger partial charge in [0.25, 0.3) is 5.83 Å². The Morgan fingerprint density at radius 3 is 2.04 bits per heavy atom. The van der Waals surface area contributed by atoms with Crippen LogP contribution in [0.5, 0.6) is 0 Å². The molecule has 6 nitrogen and oxygen atoms in total. The quantitative estimate of drug-likeness (QED) is 0.574. The van der Waals surface area contributed by atoms with Crippen LogP contribution in [0.15, 0.2) is 51.6 Å². The standard InChI is InChI=1S/C12H9F6N3O3/c1-3-5-19-9(22)20(6(13)4-2)11(24)21(10(19)23)12(17,18)7(14)8(15)16/h3-4,6H,1-2,5H2. The number of nitrogens with zero attached hydrogens (tertiary/aromatic N) is 3. The van der Waals surface area contributed by atoms with Crippen LogP contribution in [0.3, 0.4) is 0 Å². The van der Waals surface area contributed by atoms with Gasteiger partial charge in [-0.05, 0) is 6.08 Å². The van der Waals surface area contributed by atoms with Crippen LogP contribution < -0.4 is 17.1 Å². The van der Waals surface area contributed by atoms with Crippen LogP contribution in [0.25, 0.3) is 0 Å². The Hall–Kier alpha value is -2.79. The molecule has 0 aliphatic rings. The first kappa shape index (κ1) is 19.3. The molecule has 1 aromatic rings. The summed E-state index contributed by atoms with van der Waals surface area (Å²) in [5.74, 6) is -3.40. The van der Waals surface area contributed by atoms with Crippen LogP contribution in [0.4, 0.5) is 26.3 Å². The first-order valence-corrected chi connectivity index (χ1v) is 5.97. The Labute approximate surface area is 128 Å². The van der Waals surface area contributed by atoms with Gasteiger partial charge in [0.05, 0.1) is 6.54 Å². The van der Waals surface area contributed by atoms with Gasteiger partial charge in [0, 0.05) is 0 Å². The van der Waals surface area contributed by atoms with Gasteiger partial charge in [-0.1, -0.05) is 12.7 Å². The molecule has 0 aliphatic carbocycles. The molecule has 0 N–H and O–H groups in total. The van der Waals surface area contributed by atoms with Crippen molar-refractivity contribution < 1.29 is 26.3 Å². The van der Waals surface area contributed by atoms with E-state index in [1.54, 1.807) is 0 Å². The first-order chi connectivity index (χ1) is 11.0. The topological polar surface area (TPSA) is 66.0 Å². The Balaban J connectivity index is 4.10. The zero-order valence-electron chi connectivity index (χ0n) is 11.7. The van der Waals surface area contributed by atoms with Gasteiger partial charge in [-0.3, -0.25) is 0 Å². The third-order valence-corrected chi connectivity index (χ3v) is 2.72. The maximum Gasteiger partial charge on any atom is 0.395 e. The molecule has 132 valence electrons. The summed E-state index contributed by atoms with van der Waals surface area (Å²) < 4.78 is 76.6. The van der Waals surface area contributed by atoms with Crippen molar-refractivity contribution >= 4 is 0 Å². The molecule has 0 saturated carbocycles. The minimum Gasteiger partial charge on any atom is -0.247 e. The van der Waals surface area contributed by atoms with E-state index in [1.807, 2.05) is 0 Å². The lowest BCUT2D eigenvalue weighted by molar-refractivity contribution is -0.0779. The van der Waals surface area contributed by atoms with Crippen LogP contribution in [0.2, 0.25) is 0 Å². The summed E-state index contributed by atoms with van der Waals surface area (Å²) in [6, 6.07) is -5.45. The fraction of sp³-hybridized carbons (Fsp3) is 0.250. The molecule has 1 rings (SSSR count). The number of alkyl halides is 3. The first-order valence-electron chi connectivity index (χ1n) is 5.97. The van der Waals surface area contributed by atoms with E-state index in [0.29, 0.717) is 6.08 Å². The fourth-order valence-corrected chi connectivity index (χ4v) is 1.66. The number of halogens is 6. The van der Waals surface area contributed by atoms with Gasteiger partial charge in [0.15, 0.2) is 0 Å². The van der Waals surface area contributed by atoms with Gasteiger partial charge in [0.1, 0.15) is 0 Å². The smallest absolute Gasteiger partial charge is 0.247 e. The average molecular weight is 357 g/mol. The monoisotopic (exact) mass is 357 g/mol. The van der Waals surface area contributed by atoms with Gasteiger partial charge in [-0.2, -0.15) is 26.5 Å². The zero-order valence-corrected chi connectivity index (χ0v) is 11.7. The molecule has 1 heterocycles. The van der Waals surface area contributed by atoms with Gasteiger partial charge in [-0.25, -0.2) is 27.9 Å². The van der Waals surface area contributed by atoms with Crippen molar-refractivity contribution in [1.82, 2.24) is 13.7 Å². The third kappa shape index (κ3) is 2.98. The van der Waals surface area contributed by atoms with E-state index in [-0.39, 0.29) is 4.57 Å². The number of allylic oxidation sites excluding steroid dienone is 3. The van der Waals surface area contributed by atoms with Crippen molar-refractivity contribution in [1.29, 1.82) is 0 Å². The highest BCUT2D eigenvalue weighted by Gasteiger charge is 2.45. The molecule has 1 aromatic heterocycles. The van der Waals surface area contributed by atoms with Crippen LogP contribution in [-0.4, -0.2) is 13.7 Å². The van der Waals surface area contributed by atoms with E-state index < -0.39 is 57.0 Å². The van der Waals surface area contributed by atoms with Crippen molar-refractivity contribution in [3.8, 4) is 0 Å². The Morgan fingerprint density at radius 2 is 1.62 bits per heavy atom. The summed E-state index contributed by atoms with van der Waals surface area (Å²) in [4.78, 5) is 35.5. The maximum absolute atomic E-state index is 13.8. The second-order valence-electron chi connectivity index (χ2n) is 4.18. The molecule has 0 aliphatic heterocycles. The van der Waals surface area contributed by atoms with Crippen molar-refractivity contribution in [2.75, 3.05) is 0 Å². The second kappa shape index (κ2) is 6.76. The predicted molar refractivity (Wildman–Crippen MR) is 70.3 cm³/mol. The molecule has 0 amide bonds. The molecular formula is C12H9F6N3O3. The predicted octanol–water partition coefficient (Wildman–Crippen LogP) is 1.64. The summed E-state index contributed by atoms with van der Waals surface area (Å²) in [6.45, 7) is 5.23. The van der Waals surface area contributed by atoms with Crippen LogP contribution in [-0.2, 0) is 12.6 Å². The van der Waals surface area contributed by atoms with E-state index in [9.17, 15) is 40.7 Å². The molecular weight excluding hydrogens is 348 g/mol. The summed E-state index contributed by atoms with van der Waals surface area (Å²) in [5, 5.41) is 0. The Bertz CT molecular complexity index is 875. The molecule has 1 unspecified atom stereocenters. The second-order valence-corrected chi connectivity index (χ2v) is 4.18. The summed E-state index contributed by atoms with van der Waals surface area (Å²) in [6.07, 6.45) is -4.98. The van der Waals surface area contributed by atoms with E-state index in [0.717, 1.165) is 6.08 Å². The van der Waals surface area contributed by atoms with Crippen molar-refractivity contribution in [3.05, 3.63) is 68.7 Å². The van der Waals surface area contributed by atoms with Crippen LogP contribution in [0.1, 0.15) is 6.30 Å². The molecule has 0 saturated heterocycles. The van der Waals surface area contributed by atoms with Crippen molar-refractivity contribution in [2.45, 2.75) is 18.9 Å². The van der Waals surface area contributed by atoms with Gasteiger partial charge in [-0.15, -0.1) is 6.58 Å². The number of aromatic nitrogens is 3. The highest BCUT2D eigenvalue weighted by Crippen LogP contribution is 2.31. The van der Waals surface area contributed by atoms with E-state index in [4.69, 9.17) is 0 Å². The van der Waals surface area contributed by atoms with E-state index in [1.165, 1.54) is 0 Å². The highest BCUT2D eigenvalue weighted by molar-refractivity contribution is 5.03. The number of hydrogen-bond donors (Lipinski definition) is 0. The largest absolute Gasteiger partial charge is 0.395 e. The molecule has 24 heavy (non-hydrogen) atoms. The van der Waals surface area contributed by atoms with Crippen LogP contribution >= 0.6 is 0 Å². The van der Waals surface area contributed by atoms with Crippen molar-refractivity contribution in [3.63, 3.8) is 0 Å². The summed E-state index contributed by atoms with van der Waals surface area (Å²) in [5.41, 5.74) is -6.13. The molecule has 0 fully saturated rings. The molecule has 0 radical (unpaired) electrons. The summed E-state index contributed by atoms with van der Waals surface area (Å²) >= 11 is 0. The fourth-order valence-electron chi connectivity index (χ4n) is 1.66. The minimum atomic E-state index is -5.45. The van der Waals surface area contributed by atoms with E-state index >= 15 is 0 Å². The lowest BCUT2D eigenvalue weighted by Gasteiger charge is -2.19. The highest BCUT2D eigenvalue weighted by atomic mass is 19.3. The SMILES string of the molecule is C=CCn1c(=O)n(C(F)C=C)c(=O)n(C(F)(F)C(F)=C(F)F)c1=O. The molecule has 0 spiro atoms. The number of hydrogen-bond acceptors (Lipinski definition) is 3. The molecule has 0 aromatic carbocycles. The lowest BCUT2D eigenvalue weighted by atomic mass is 10.4. The number of rotatable bonds is 6. The van der Waals surface area contributed by atoms with Gasteiger partial charge in [0.2, 0.25) is 6.30 Å². The van der Waals surface area contributed by atoms with Gasteiger partial charge < -0.3 is 0 Å². The minimum absolute atomic E-state index is 0.109. The van der Waals surface area contributed by atoms with Crippen molar-refractivity contribution in [2.24, 2.45) is 0 Å². The molecule has 0 bridgehead atoms.